The predicted molar refractivity (Wildman–Crippen MR) is 76.6 cm³/mol. The largest absolute Gasteiger partial charge is 0.726 e. The average molecular weight is 293 g/mol. The van der Waals surface area contributed by atoms with E-state index in [1.54, 1.807) is 0 Å². The smallest absolute Gasteiger partial charge is 0.217 e. The minimum absolute atomic E-state index is 0.0106. The molecule has 0 aliphatic heterocycles. The Morgan fingerprint density at radius 2 is 1.53 bits per heavy atom. The van der Waals surface area contributed by atoms with Crippen molar-refractivity contribution in [3.63, 3.8) is 0 Å². The molecule has 5 heteroatoms. The predicted octanol–water partition coefficient (Wildman–Crippen LogP) is 3.88. The van der Waals surface area contributed by atoms with Crippen molar-refractivity contribution >= 4 is 10.4 Å². The third-order valence-corrected chi connectivity index (χ3v) is 3.87. The summed E-state index contributed by atoms with van der Waals surface area (Å²) in [6.07, 6.45) is 9.65. The van der Waals surface area contributed by atoms with Gasteiger partial charge in [-0.25, -0.2) is 8.42 Å². The van der Waals surface area contributed by atoms with Crippen LogP contribution in [0.1, 0.15) is 72.1 Å². The van der Waals surface area contributed by atoms with E-state index in [0.717, 1.165) is 18.8 Å². The van der Waals surface area contributed by atoms with Crippen LogP contribution in [0.4, 0.5) is 0 Å². The second-order valence-electron chi connectivity index (χ2n) is 5.68. The quantitative estimate of drug-likeness (QED) is 0.311. The summed E-state index contributed by atoms with van der Waals surface area (Å²) in [6, 6.07) is 0. The van der Waals surface area contributed by atoms with E-state index in [0.29, 0.717) is 0 Å². The lowest BCUT2D eigenvalue weighted by Crippen LogP contribution is -2.12. The van der Waals surface area contributed by atoms with Gasteiger partial charge in [-0.2, -0.15) is 0 Å². The summed E-state index contributed by atoms with van der Waals surface area (Å²) >= 11 is 0. The molecule has 4 nitrogen and oxygen atoms in total. The van der Waals surface area contributed by atoms with Crippen molar-refractivity contribution in [2.75, 3.05) is 6.61 Å². The Kier molecular flexibility index (Phi) is 10.6. The Hall–Kier alpha value is -0.130. The van der Waals surface area contributed by atoms with Crippen LogP contribution < -0.4 is 0 Å². The standard InChI is InChI=1S/C14H30O4S/c1-4-5-6-7-9-13(2)10-8-11-14(3)12-18-19(15,16)17/h13-14H,4-12H2,1-3H3,(H,15,16,17)/p-1. The highest BCUT2D eigenvalue weighted by molar-refractivity contribution is 7.80. The van der Waals surface area contributed by atoms with Gasteiger partial charge in [0.25, 0.3) is 0 Å². The van der Waals surface area contributed by atoms with Crippen molar-refractivity contribution in [2.24, 2.45) is 11.8 Å². The third kappa shape index (κ3) is 14.1. The average Bonchev–Trinajstić information content (AvgIpc) is 2.31. The molecular weight excluding hydrogens is 264 g/mol. The molecule has 116 valence electrons. The fourth-order valence-electron chi connectivity index (χ4n) is 2.16. The normalized spacial score (nSPS) is 15.4. The van der Waals surface area contributed by atoms with Gasteiger partial charge in [0.1, 0.15) is 0 Å². The second kappa shape index (κ2) is 10.6. The molecule has 0 heterocycles. The molecule has 0 aromatic rings. The molecule has 2 unspecified atom stereocenters. The highest BCUT2D eigenvalue weighted by Gasteiger charge is 2.07. The van der Waals surface area contributed by atoms with E-state index in [1.165, 1.54) is 38.5 Å². The van der Waals surface area contributed by atoms with Gasteiger partial charge in [0.15, 0.2) is 0 Å². The lowest BCUT2D eigenvalue weighted by atomic mass is 9.95. The van der Waals surface area contributed by atoms with Gasteiger partial charge in [-0.15, -0.1) is 0 Å². The van der Waals surface area contributed by atoms with Gasteiger partial charge in [0.05, 0.1) is 6.61 Å². The first-order valence-corrected chi connectivity index (χ1v) is 8.78. The van der Waals surface area contributed by atoms with Crippen LogP contribution in [0.25, 0.3) is 0 Å². The van der Waals surface area contributed by atoms with Gasteiger partial charge in [0.2, 0.25) is 10.4 Å². The Morgan fingerprint density at radius 1 is 0.947 bits per heavy atom. The first kappa shape index (κ1) is 18.9. The molecule has 0 saturated carbocycles. The summed E-state index contributed by atoms with van der Waals surface area (Å²) in [5.74, 6) is 0.851. The Morgan fingerprint density at radius 3 is 2.11 bits per heavy atom. The lowest BCUT2D eigenvalue weighted by molar-refractivity contribution is 0.216. The maximum Gasteiger partial charge on any atom is 0.217 e. The van der Waals surface area contributed by atoms with E-state index in [4.69, 9.17) is 0 Å². The van der Waals surface area contributed by atoms with Gasteiger partial charge < -0.3 is 4.55 Å². The highest BCUT2D eigenvalue weighted by atomic mass is 32.3. The number of unbranched alkanes of at least 4 members (excludes halogenated alkanes) is 3. The van der Waals surface area contributed by atoms with Crippen LogP contribution in [-0.2, 0) is 14.6 Å². The first-order chi connectivity index (χ1) is 8.85. The zero-order valence-electron chi connectivity index (χ0n) is 12.6. The Labute approximate surface area is 118 Å². The van der Waals surface area contributed by atoms with E-state index < -0.39 is 10.4 Å². The number of hydrogen-bond acceptors (Lipinski definition) is 4. The molecule has 19 heavy (non-hydrogen) atoms. The van der Waals surface area contributed by atoms with Crippen LogP contribution in [0.15, 0.2) is 0 Å². The van der Waals surface area contributed by atoms with E-state index in [1.807, 2.05) is 6.92 Å². The number of rotatable bonds is 12. The van der Waals surface area contributed by atoms with Crippen LogP contribution in [0.3, 0.4) is 0 Å². The minimum Gasteiger partial charge on any atom is -0.726 e. The van der Waals surface area contributed by atoms with Gasteiger partial charge in [0, 0.05) is 0 Å². The summed E-state index contributed by atoms with van der Waals surface area (Å²) in [5.41, 5.74) is 0. The zero-order valence-corrected chi connectivity index (χ0v) is 13.4. The van der Waals surface area contributed by atoms with Crippen LogP contribution in [0.2, 0.25) is 0 Å². The van der Waals surface area contributed by atoms with Gasteiger partial charge in [-0.1, -0.05) is 65.7 Å². The fourth-order valence-corrected chi connectivity index (χ4v) is 2.56. The van der Waals surface area contributed by atoms with Gasteiger partial charge in [-0.05, 0) is 18.3 Å². The second-order valence-corrected chi connectivity index (χ2v) is 6.74. The maximum atomic E-state index is 10.3. The summed E-state index contributed by atoms with van der Waals surface area (Å²) in [6.45, 7) is 6.41. The molecule has 0 saturated heterocycles. The van der Waals surface area contributed by atoms with Gasteiger partial charge >= 0.3 is 0 Å². The molecular formula is C14H29O4S-. The van der Waals surface area contributed by atoms with Crippen molar-refractivity contribution in [1.29, 1.82) is 0 Å². The van der Waals surface area contributed by atoms with E-state index >= 15 is 0 Å². The molecule has 0 radical (unpaired) electrons. The van der Waals surface area contributed by atoms with Crippen molar-refractivity contribution in [2.45, 2.75) is 72.1 Å². The zero-order chi connectivity index (χ0) is 14.7. The van der Waals surface area contributed by atoms with Gasteiger partial charge in [-0.3, -0.25) is 4.18 Å². The molecule has 0 fully saturated rings. The molecule has 0 aromatic heterocycles. The topological polar surface area (TPSA) is 66.4 Å². The number of hydrogen-bond donors (Lipinski definition) is 0. The van der Waals surface area contributed by atoms with Crippen molar-refractivity contribution in [3.8, 4) is 0 Å². The molecule has 0 aliphatic rings. The summed E-state index contributed by atoms with van der Waals surface area (Å²) in [4.78, 5) is 0. The Bertz CT molecular complexity index is 301. The summed E-state index contributed by atoms with van der Waals surface area (Å²) in [7, 11) is -4.53. The molecule has 0 aromatic carbocycles. The Balaban J connectivity index is 3.50. The van der Waals surface area contributed by atoms with Crippen molar-refractivity contribution in [3.05, 3.63) is 0 Å². The summed E-state index contributed by atoms with van der Waals surface area (Å²) < 4.78 is 35.2. The fraction of sp³-hybridized carbons (Fsp3) is 1.00. The van der Waals surface area contributed by atoms with E-state index in [-0.39, 0.29) is 12.5 Å². The molecule has 2 atom stereocenters. The molecule has 0 rings (SSSR count). The first-order valence-electron chi connectivity index (χ1n) is 7.45. The molecule has 0 N–H and O–H groups in total. The molecule has 0 spiro atoms. The maximum absolute atomic E-state index is 10.3. The minimum atomic E-state index is -4.53. The van der Waals surface area contributed by atoms with Crippen LogP contribution in [-0.4, -0.2) is 19.6 Å². The SMILES string of the molecule is CCCCCCC(C)CCCC(C)COS(=O)(=O)[O-]. The van der Waals surface area contributed by atoms with E-state index in [9.17, 15) is 13.0 Å². The molecule has 0 aliphatic carbocycles. The van der Waals surface area contributed by atoms with Crippen LogP contribution in [0.5, 0.6) is 0 Å². The molecule has 0 bridgehead atoms. The van der Waals surface area contributed by atoms with Crippen molar-refractivity contribution < 1.29 is 17.2 Å². The molecule has 0 amide bonds. The van der Waals surface area contributed by atoms with Crippen molar-refractivity contribution in [1.82, 2.24) is 0 Å². The third-order valence-electron chi connectivity index (χ3n) is 3.44. The van der Waals surface area contributed by atoms with Crippen LogP contribution in [0, 0.1) is 11.8 Å². The van der Waals surface area contributed by atoms with Crippen LogP contribution >= 0.6 is 0 Å². The lowest BCUT2D eigenvalue weighted by Gasteiger charge is -2.15. The monoisotopic (exact) mass is 293 g/mol. The summed E-state index contributed by atoms with van der Waals surface area (Å²) in [5, 5.41) is 0. The highest BCUT2D eigenvalue weighted by Crippen LogP contribution is 2.18. The van der Waals surface area contributed by atoms with E-state index in [2.05, 4.69) is 18.0 Å².